The van der Waals surface area contributed by atoms with Crippen molar-refractivity contribution in [3.8, 4) is 0 Å². The Hall–Kier alpha value is -1.17. The zero-order valence-corrected chi connectivity index (χ0v) is 14.3. The van der Waals surface area contributed by atoms with E-state index in [1.54, 1.807) is 0 Å². The maximum absolute atomic E-state index is 12.1. The van der Waals surface area contributed by atoms with Crippen molar-refractivity contribution in [2.45, 2.75) is 58.4 Å². The highest BCUT2D eigenvalue weighted by Gasteiger charge is 2.39. The second-order valence-electron chi connectivity index (χ2n) is 7.15. The van der Waals surface area contributed by atoms with Gasteiger partial charge in [-0.2, -0.15) is 5.10 Å². The van der Waals surface area contributed by atoms with Gasteiger partial charge in [-0.1, -0.05) is 6.42 Å². The van der Waals surface area contributed by atoms with Crippen LogP contribution in [0.15, 0.2) is 0 Å². The summed E-state index contributed by atoms with van der Waals surface area (Å²) in [7, 11) is 0. The molecule has 1 heterocycles. The lowest BCUT2D eigenvalue weighted by Gasteiger charge is -2.20. The lowest BCUT2D eigenvalue weighted by molar-refractivity contribution is -0.122. The van der Waals surface area contributed by atoms with Crippen molar-refractivity contribution in [2.24, 2.45) is 17.8 Å². The first-order valence-corrected chi connectivity index (χ1v) is 8.88. The molecule has 0 aromatic carbocycles. The molecule has 0 radical (unpaired) electrons. The Labute approximate surface area is 136 Å². The number of hydrogen-bond donors (Lipinski definition) is 2. The number of amides is 1. The van der Waals surface area contributed by atoms with E-state index in [0.717, 1.165) is 17.7 Å². The standard InChI is InChI=1S/C16H26N4OS/c1-10(2)20-14(18-19-16(20)22)5-6-17-15(21)9-13-8-11-3-4-12(13)7-11/h10-13H,3-9H2,1-2H3,(H,17,21)(H,19,22)/t11-,12-,13+/m0/s1. The molecule has 2 saturated carbocycles. The lowest BCUT2D eigenvalue weighted by Crippen LogP contribution is -2.29. The summed E-state index contributed by atoms with van der Waals surface area (Å²) >= 11 is 5.23. The van der Waals surface area contributed by atoms with Crippen LogP contribution in [-0.2, 0) is 11.2 Å². The summed E-state index contributed by atoms with van der Waals surface area (Å²) in [5.41, 5.74) is 0. The van der Waals surface area contributed by atoms with Gasteiger partial charge in [-0.15, -0.1) is 0 Å². The van der Waals surface area contributed by atoms with Crippen LogP contribution in [0.5, 0.6) is 0 Å². The quantitative estimate of drug-likeness (QED) is 0.791. The Morgan fingerprint density at radius 3 is 2.91 bits per heavy atom. The van der Waals surface area contributed by atoms with E-state index in [4.69, 9.17) is 12.2 Å². The SMILES string of the molecule is CC(C)n1c(CCNC(=O)C[C@H]2C[C@H]3CC[C@H]2C3)n[nH]c1=S. The van der Waals surface area contributed by atoms with Crippen molar-refractivity contribution in [2.75, 3.05) is 6.54 Å². The highest BCUT2D eigenvalue weighted by atomic mass is 32.1. The van der Waals surface area contributed by atoms with Gasteiger partial charge in [0.2, 0.25) is 5.91 Å². The molecule has 0 aliphatic heterocycles. The van der Waals surface area contributed by atoms with Gasteiger partial charge in [0.05, 0.1) is 0 Å². The third-order valence-electron chi connectivity index (χ3n) is 5.30. The topological polar surface area (TPSA) is 62.7 Å². The van der Waals surface area contributed by atoms with Crippen LogP contribution in [0.4, 0.5) is 0 Å². The number of hydrogen-bond acceptors (Lipinski definition) is 3. The van der Waals surface area contributed by atoms with Crippen LogP contribution < -0.4 is 5.32 Å². The molecule has 2 fully saturated rings. The Morgan fingerprint density at radius 1 is 1.45 bits per heavy atom. The molecule has 1 aromatic rings. The summed E-state index contributed by atoms with van der Waals surface area (Å²) in [5.74, 6) is 3.46. The van der Waals surface area contributed by atoms with Crippen molar-refractivity contribution in [1.29, 1.82) is 0 Å². The van der Waals surface area contributed by atoms with Crippen molar-refractivity contribution < 1.29 is 4.79 Å². The van der Waals surface area contributed by atoms with E-state index in [1.165, 1.54) is 25.7 Å². The van der Waals surface area contributed by atoms with E-state index in [9.17, 15) is 4.79 Å². The molecule has 2 bridgehead atoms. The van der Waals surface area contributed by atoms with Crippen LogP contribution in [0, 0.1) is 22.5 Å². The Balaban J connectivity index is 1.45. The summed E-state index contributed by atoms with van der Waals surface area (Å²) < 4.78 is 2.66. The zero-order valence-electron chi connectivity index (χ0n) is 13.5. The Morgan fingerprint density at radius 2 is 2.27 bits per heavy atom. The van der Waals surface area contributed by atoms with E-state index >= 15 is 0 Å². The first-order valence-electron chi connectivity index (χ1n) is 8.47. The summed E-state index contributed by atoms with van der Waals surface area (Å²) in [5, 5.41) is 10.2. The monoisotopic (exact) mass is 322 g/mol. The molecule has 0 spiro atoms. The highest BCUT2D eigenvalue weighted by Crippen LogP contribution is 2.49. The van der Waals surface area contributed by atoms with Gasteiger partial charge in [0.15, 0.2) is 4.77 Å². The molecule has 2 aliphatic rings. The number of carbonyl (C=O) groups is 1. The summed E-state index contributed by atoms with van der Waals surface area (Å²) in [6.07, 6.45) is 6.78. The summed E-state index contributed by atoms with van der Waals surface area (Å²) in [6, 6.07) is 0.283. The molecule has 2 N–H and O–H groups in total. The van der Waals surface area contributed by atoms with Gasteiger partial charge in [-0.3, -0.25) is 9.89 Å². The number of aromatic amines is 1. The smallest absolute Gasteiger partial charge is 0.220 e. The number of aromatic nitrogens is 3. The van der Waals surface area contributed by atoms with Crippen molar-refractivity contribution in [3.63, 3.8) is 0 Å². The van der Waals surface area contributed by atoms with Gasteiger partial charge in [0, 0.05) is 25.4 Å². The molecule has 2 aliphatic carbocycles. The molecule has 3 rings (SSSR count). The molecule has 1 aromatic heterocycles. The normalized spacial score (nSPS) is 26.8. The molecule has 5 nitrogen and oxygen atoms in total. The van der Waals surface area contributed by atoms with Crippen LogP contribution in [-0.4, -0.2) is 27.2 Å². The Kier molecular flexibility index (Phi) is 4.66. The maximum Gasteiger partial charge on any atom is 0.220 e. The van der Waals surface area contributed by atoms with Crippen molar-refractivity contribution in [1.82, 2.24) is 20.1 Å². The number of carbonyl (C=O) groups excluding carboxylic acids is 1. The van der Waals surface area contributed by atoms with Gasteiger partial charge < -0.3 is 9.88 Å². The summed E-state index contributed by atoms with van der Waals surface area (Å²) in [4.78, 5) is 12.1. The number of nitrogens with zero attached hydrogens (tertiary/aromatic N) is 2. The lowest BCUT2D eigenvalue weighted by atomic mass is 9.86. The average molecular weight is 322 g/mol. The predicted octanol–water partition coefficient (Wildman–Crippen LogP) is 3.01. The minimum absolute atomic E-state index is 0.197. The molecule has 3 atom stereocenters. The molecule has 1 amide bonds. The molecule has 0 unspecified atom stereocenters. The second kappa shape index (κ2) is 6.52. The van der Waals surface area contributed by atoms with Gasteiger partial charge >= 0.3 is 0 Å². The van der Waals surface area contributed by atoms with Crippen molar-refractivity contribution in [3.05, 3.63) is 10.6 Å². The fraction of sp³-hybridized carbons (Fsp3) is 0.812. The van der Waals surface area contributed by atoms with E-state index in [-0.39, 0.29) is 11.9 Å². The molecule has 122 valence electrons. The number of nitrogens with one attached hydrogen (secondary N) is 2. The third-order valence-corrected chi connectivity index (χ3v) is 5.58. The van der Waals surface area contributed by atoms with Gasteiger partial charge in [0.25, 0.3) is 0 Å². The van der Waals surface area contributed by atoms with Crippen molar-refractivity contribution >= 4 is 18.1 Å². The largest absolute Gasteiger partial charge is 0.356 e. The van der Waals surface area contributed by atoms with E-state index in [1.807, 2.05) is 4.57 Å². The second-order valence-corrected chi connectivity index (χ2v) is 7.53. The van der Waals surface area contributed by atoms with Crippen LogP contribution in [0.1, 0.15) is 57.8 Å². The van der Waals surface area contributed by atoms with E-state index in [2.05, 4.69) is 29.4 Å². The average Bonchev–Trinajstić information content (AvgIpc) is 3.14. The van der Waals surface area contributed by atoms with Gasteiger partial charge in [-0.25, -0.2) is 0 Å². The van der Waals surface area contributed by atoms with E-state index < -0.39 is 0 Å². The molecule has 22 heavy (non-hydrogen) atoms. The molecular formula is C16H26N4OS. The van der Waals surface area contributed by atoms with E-state index in [0.29, 0.717) is 30.1 Å². The molecule has 6 heteroatoms. The zero-order chi connectivity index (χ0) is 15.7. The maximum atomic E-state index is 12.1. The third kappa shape index (κ3) is 3.26. The predicted molar refractivity (Wildman–Crippen MR) is 88.1 cm³/mol. The highest BCUT2D eigenvalue weighted by molar-refractivity contribution is 7.71. The number of H-pyrrole nitrogens is 1. The van der Waals surface area contributed by atoms with Crippen LogP contribution in [0.25, 0.3) is 0 Å². The van der Waals surface area contributed by atoms with Crippen LogP contribution in [0.2, 0.25) is 0 Å². The molecular weight excluding hydrogens is 296 g/mol. The minimum Gasteiger partial charge on any atom is -0.356 e. The first kappa shape index (κ1) is 15.7. The fourth-order valence-electron chi connectivity index (χ4n) is 4.30. The fourth-order valence-corrected chi connectivity index (χ4v) is 4.66. The van der Waals surface area contributed by atoms with Gasteiger partial charge in [-0.05, 0) is 63.1 Å². The first-order chi connectivity index (χ1) is 10.5. The number of rotatable bonds is 6. The summed E-state index contributed by atoms with van der Waals surface area (Å²) in [6.45, 7) is 4.80. The van der Waals surface area contributed by atoms with Crippen LogP contribution >= 0.6 is 12.2 Å². The number of fused-ring (bicyclic) bond motifs is 2. The van der Waals surface area contributed by atoms with Crippen LogP contribution in [0.3, 0.4) is 0 Å². The molecule has 0 saturated heterocycles. The van der Waals surface area contributed by atoms with Gasteiger partial charge in [0.1, 0.15) is 5.82 Å². The Bertz CT molecular complexity index is 591. The minimum atomic E-state index is 0.197.